The van der Waals surface area contributed by atoms with Crippen LogP contribution in [0.4, 0.5) is 0 Å². The molecule has 0 heterocycles. The summed E-state index contributed by atoms with van der Waals surface area (Å²) in [5.41, 5.74) is 19.5. The van der Waals surface area contributed by atoms with Crippen LogP contribution < -0.4 is 11.5 Å². The molecule has 1 aliphatic carbocycles. The van der Waals surface area contributed by atoms with E-state index in [0.29, 0.717) is 19.0 Å². The molecular weight excluding hydrogens is 352 g/mol. The van der Waals surface area contributed by atoms with Gasteiger partial charge in [-0.15, -0.1) is 0 Å². The van der Waals surface area contributed by atoms with Gasteiger partial charge in [0.25, 0.3) is 0 Å². The standard InChI is InChI=1S/C27H28N2/c28-18-22-8-4-10-24(16-22)27(25-11-5-9-23(17-25)19-29)26-13-12-21(15-26)14-20-6-2-1-3-7-20/h1-13,15-17,26-27H,14,18-19,28-29H2. The second-order valence-corrected chi connectivity index (χ2v) is 7.72. The zero-order valence-corrected chi connectivity index (χ0v) is 16.7. The Morgan fingerprint density at radius 2 is 1.28 bits per heavy atom. The van der Waals surface area contributed by atoms with Crippen molar-refractivity contribution in [2.45, 2.75) is 25.4 Å². The molecule has 4 N–H and O–H groups in total. The summed E-state index contributed by atoms with van der Waals surface area (Å²) in [6.07, 6.45) is 8.01. The van der Waals surface area contributed by atoms with Crippen LogP contribution in [0.25, 0.3) is 0 Å². The maximum absolute atomic E-state index is 5.92. The summed E-state index contributed by atoms with van der Waals surface area (Å²) >= 11 is 0. The minimum atomic E-state index is 0.248. The van der Waals surface area contributed by atoms with E-state index in [9.17, 15) is 0 Å². The Kier molecular flexibility index (Phi) is 6.04. The van der Waals surface area contributed by atoms with Gasteiger partial charge in [-0.25, -0.2) is 0 Å². The summed E-state index contributed by atoms with van der Waals surface area (Å²) in [5.74, 6) is 0.562. The van der Waals surface area contributed by atoms with Crippen LogP contribution in [0.15, 0.2) is 103 Å². The highest BCUT2D eigenvalue weighted by Crippen LogP contribution is 2.38. The van der Waals surface area contributed by atoms with Crippen molar-refractivity contribution in [3.05, 3.63) is 130 Å². The lowest BCUT2D eigenvalue weighted by molar-refractivity contribution is 0.688. The van der Waals surface area contributed by atoms with E-state index >= 15 is 0 Å². The first-order chi connectivity index (χ1) is 14.3. The van der Waals surface area contributed by atoms with Gasteiger partial charge in [0.2, 0.25) is 0 Å². The number of allylic oxidation sites excluding steroid dienone is 4. The first kappa shape index (κ1) is 19.4. The van der Waals surface area contributed by atoms with E-state index in [1.807, 2.05) is 0 Å². The van der Waals surface area contributed by atoms with Crippen molar-refractivity contribution in [2.75, 3.05) is 0 Å². The van der Waals surface area contributed by atoms with Gasteiger partial charge < -0.3 is 11.5 Å². The fourth-order valence-corrected chi connectivity index (χ4v) is 4.21. The van der Waals surface area contributed by atoms with Crippen LogP contribution in [0.2, 0.25) is 0 Å². The molecule has 4 rings (SSSR count). The third-order valence-electron chi connectivity index (χ3n) is 5.67. The normalized spacial score (nSPS) is 15.7. The number of rotatable bonds is 7. The minimum absolute atomic E-state index is 0.248. The molecule has 0 saturated carbocycles. The molecule has 0 bridgehead atoms. The zero-order chi connectivity index (χ0) is 20.1. The summed E-state index contributed by atoms with van der Waals surface area (Å²) in [7, 11) is 0. The Bertz CT molecular complexity index is 970. The van der Waals surface area contributed by atoms with Gasteiger partial charge in [-0.1, -0.05) is 97.1 Å². The van der Waals surface area contributed by atoms with E-state index in [1.165, 1.54) is 22.3 Å². The minimum Gasteiger partial charge on any atom is -0.326 e. The second-order valence-electron chi connectivity index (χ2n) is 7.72. The molecule has 1 aliphatic rings. The van der Waals surface area contributed by atoms with Crippen molar-refractivity contribution < 1.29 is 0 Å². The smallest absolute Gasteiger partial charge is 0.0187 e. The van der Waals surface area contributed by atoms with E-state index in [4.69, 9.17) is 11.5 Å². The predicted molar refractivity (Wildman–Crippen MR) is 121 cm³/mol. The molecule has 2 nitrogen and oxygen atoms in total. The van der Waals surface area contributed by atoms with Crippen molar-refractivity contribution in [2.24, 2.45) is 17.4 Å². The van der Waals surface area contributed by atoms with E-state index in [1.54, 1.807) is 0 Å². The van der Waals surface area contributed by atoms with Crippen LogP contribution in [-0.4, -0.2) is 0 Å². The van der Waals surface area contributed by atoms with E-state index in [2.05, 4.69) is 97.1 Å². The van der Waals surface area contributed by atoms with Gasteiger partial charge in [0, 0.05) is 24.9 Å². The third-order valence-corrected chi connectivity index (χ3v) is 5.67. The molecule has 0 fully saturated rings. The van der Waals surface area contributed by atoms with Gasteiger partial charge in [-0.3, -0.25) is 0 Å². The molecule has 3 aromatic carbocycles. The maximum Gasteiger partial charge on any atom is 0.0187 e. The average molecular weight is 381 g/mol. The largest absolute Gasteiger partial charge is 0.326 e. The highest BCUT2D eigenvalue weighted by molar-refractivity contribution is 5.44. The van der Waals surface area contributed by atoms with Crippen LogP contribution >= 0.6 is 0 Å². The van der Waals surface area contributed by atoms with Crippen LogP contribution in [0.5, 0.6) is 0 Å². The Balaban J connectivity index is 1.69. The topological polar surface area (TPSA) is 52.0 Å². The maximum atomic E-state index is 5.92. The lowest BCUT2D eigenvalue weighted by Crippen LogP contribution is -2.11. The van der Waals surface area contributed by atoms with Gasteiger partial charge >= 0.3 is 0 Å². The molecule has 1 atom stereocenters. The van der Waals surface area contributed by atoms with Crippen LogP contribution in [-0.2, 0) is 19.5 Å². The second kappa shape index (κ2) is 9.04. The monoisotopic (exact) mass is 380 g/mol. The third kappa shape index (κ3) is 4.56. The molecule has 146 valence electrons. The van der Waals surface area contributed by atoms with Gasteiger partial charge in [0.1, 0.15) is 0 Å². The Morgan fingerprint density at radius 3 is 1.86 bits per heavy atom. The fourth-order valence-electron chi connectivity index (χ4n) is 4.21. The van der Waals surface area contributed by atoms with Crippen molar-refractivity contribution in [3.63, 3.8) is 0 Å². The van der Waals surface area contributed by atoms with Crippen LogP contribution in [0.3, 0.4) is 0 Å². The number of hydrogen-bond acceptors (Lipinski definition) is 2. The molecule has 0 aromatic heterocycles. The molecule has 0 radical (unpaired) electrons. The lowest BCUT2D eigenvalue weighted by atomic mass is 9.80. The molecule has 0 saturated heterocycles. The Morgan fingerprint density at radius 1 is 0.690 bits per heavy atom. The van der Waals surface area contributed by atoms with Crippen LogP contribution in [0.1, 0.15) is 33.7 Å². The molecule has 0 spiro atoms. The number of hydrogen-bond donors (Lipinski definition) is 2. The molecule has 0 aliphatic heterocycles. The summed E-state index contributed by atoms with van der Waals surface area (Å²) < 4.78 is 0. The fraction of sp³-hybridized carbons (Fsp3) is 0.185. The molecule has 2 heteroatoms. The lowest BCUT2D eigenvalue weighted by Gasteiger charge is -2.24. The average Bonchev–Trinajstić information content (AvgIpc) is 3.22. The summed E-state index contributed by atoms with van der Waals surface area (Å²) in [6.45, 7) is 1.11. The quantitative estimate of drug-likeness (QED) is 0.600. The van der Waals surface area contributed by atoms with Crippen molar-refractivity contribution >= 4 is 0 Å². The molecule has 1 unspecified atom stereocenters. The predicted octanol–water partition coefficient (Wildman–Crippen LogP) is 5.09. The summed E-state index contributed by atoms with van der Waals surface area (Å²) in [6, 6.07) is 28.0. The molecule has 0 amide bonds. The van der Waals surface area contributed by atoms with Gasteiger partial charge in [-0.2, -0.15) is 0 Å². The number of benzene rings is 3. The van der Waals surface area contributed by atoms with Crippen molar-refractivity contribution in [1.29, 1.82) is 0 Å². The van der Waals surface area contributed by atoms with E-state index < -0.39 is 0 Å². The Hall–Kier alpha value is -2.94. The SMILES string of the molecule is NCc1cccc(C(c2cccc(CN)c2)C2C=CC(Cc3ccccc3)=C2)c1. The van der Waals surface area contributed by atoms with Gasteiger partial charge in [0.05, 0.1) is 0 Å². The zero-order valence-electron chi connectivity index (χ0n) is 16.7. The first-order valence-corrected chi connectivity index (χ1v) is 10.3. The molecular formula is C27H28N2. The highest BCUT2D eigenvalue weighted by atomic mass is 14.5. The summed E-state index contributed by atoms with van der Waals surface area (Å²) in [5, 5.41) is 0. The number of nitrogens with two attached hydrogens (primary N) is 2. The molecule has 3 aromatic rings. The molecule has 29 heavy (non-hydrogen) atoms. The van der Waals surface area contributed by atoms with Gasteiger partial charge in [0.15, 0.2) is 0 Å². The highest BCUT2D eigenvalue weighted by Gasteiger charge is 2.25. The van der Waals surface area contributed by atoms with E-state index in [-0.39, 0.29) is 5.92 Å². The Labute approximate surface area is 173 Å². The van der Waals surface area contributed by atoms with Crippen LogP contribution in [0, 0.1) is 5.92 Å². The van der Waals surface area contributed by atoms with Gasteiger partial charge in [-0.05, 0) is 39.8 Å². The van der Waals surface area contributed by atoms with E-state index in [0.717, 1.165) is 17.5 Å². The first-order valence-electron chi connectivity index (χ1n) is 10.3. The van der Waals surface area contributed by atoms with Crippen molar-refractivity contribution in [1.82, 2.24) is 0 Å². The summed E-state index contributed by atoms with van der Waals surface area (Å²) in [4.78, 5) is 0. The van der Waals surface area contributed by atoms with Crippen molar-refractivity contribution in [3.8, 4) is 0 Å².